The second-order valence-electron chi connectivity index (χ2n) is 5.49. The molecule has 0 saturated carbocycles. The maximum atomic E-state index is 12.3. The van der Waals surface area contributed by atoms with Crippen LogP contribution in [-0.2, 0) is 17.6 Å². The zero-order chi connectivity index (χ0) is 17.4. The summed E-state index contributed by atoms with van der Waals surface area (Å²) >= 11 is 0. The molecule has 0 radical (unpaired) electrons. The van der Waals surface area contributed by atoms with E-state index >= 15 is 0 Å². The smallest absolute Gasteiger partial charge is 0.253 e. The molecular formula is C19H24ClN3O2. The van der Waals surface area contributed by atoms with Gasteiger partial charge in [-0.2, -0.15) is 0 Å². The minimum absolute atomic E-state index is 0. The molecule has 2 aromatic rings. The average molecular weight is 362 g/mol. The summed E-state index contributed by atoms with van der Waals surface area (Å²) in [6, 6.07) is 14.9. The molecule has 2 aromatic carbocycles. The molecule has 0 aliphatic rings. The number of nitrogens with one attached hydrogen (secondary N) is 2. The lowest BCUT2D eigenvalue weighted by Crippen LogP contribution is -2.30. The molecule has 2 amide bonds. The van der Waals surface area contributed by atoms with Crippen molar-refractivity contribution < 1.29 is 9.59 Å². The summed E-state index contributed by atoms with van der Waals surface area (Å²) in [5.41, 5.74) is 8.51. The maximum absolute atomic E-state index is 12.3. The number of amides is 2. The summed E-state index contributed by atoms with van der Waals surface area (Å²) in [4.78, 5) is 24.4. The molecule has 0 aromatic heterocycles. The van der Waals surface area contributed by atoms with E-state index in [0.29, 0.717) is 24.3 Å². The third-order valence-corrected chi connectivity index (χ3v) is 3.67. The van der Waals surface area contributed by atoms with Crippen molar-refractivity contribution in [2.24, 2.45) is 5.73 Å². The Morgan fingerprint density at radius 3 is 2.28 bits per heavy atom. The van der Waals surface area contributed by atoms with E-state index in [1.807, 2.05) is 24.3 Å². The molecular weight excluding hydrogens is 338 g/mol. The standard InChI is InChI=1S/C19H23N3O2.ClH/c1-2-14-7-9-15(10-8-14)13-18(23)22-17-6-4-3-5-16(17)19(24)21-12-11-20;/h3-10H,2,11-13,20H2,1H3,(H,21,24)(H,22,23);1H. The van der Waals surface area contributed by atoms with Crippen molar-refractivity contribution in [1.29, 1.82) is 0 Å². The van der Waals surface area contributed by atoms with E-state index in [-0.39, 0.29) is 30.6 Å². The highest BCUT2D eigenvalue weighted by molar-refractivity contribution is 6.04. The fourth-order valence-electron chi connectivity index (χ4n) is 2.34. The Kier molecular flexibility index (Phi) is 8.67. The fourth-order valence-corrected chi connectivity index (χ4v) is 2.34. The molecule has 4 N–H and O–H groups in total. The Bertz CT molecular complexity index is 702. The molecule has 0 saturated heterocycles. The predicted octanol–water partition coefficient (Wildman–Crippen LogP) is 2.54. The molecule has 25 heavy (non-hydrogen) atoms. The van der Waals surface area contributed by atoms with Gasteiger partial charge >= 0.3 is 0 Å². The first kappa shape index (κ1) is 20.7. The first-order chi connectivity index (χ1) is 11.6. The predicted molar refractivity (Wildman–Crippen MR) is 103 cm³/mol. The molecule has 6 heteroatoms. The zero-order valence-electron chi connectivity index (χ0n) is 14.2. The van der Waals surface area contributed by atoms with E-state index in [9.17, 15) is 9.59 Å². The van der Waals surface area contributed by atoms with Crippen LogP contribution in [0.3, 0.4) is 0 Å². The summed E-state index contributed by atoms with van der Waals surface area (Å²) in [5, 5.41) is 5.52. The van der Waals surface area contributed by atoms with Gasteiger partial charge in [-0.05, 0) is 29.7 Å². The van der Waals surface area contributed by atoms with Gasteiger partial charge in [0.1, 0.15) is 0 Å². The number of benzene rings is 2. The van der Waals surface area contributed by atoms with Crippen LogP contribution in [0.2, 0.25) is 0 Å². The molecule has 0 aliphatic carbocycles. The quantitative estimate of drug-likeness (QED) is 0.708. The molecule has 0 aliphatic heterocycles. The number of rotatable bonds is 7. The molecule has 134 valence electrons. The van der Waals surface area contributed by atoms with Crippen molar-refractivity contribution in [2.45, 2.75) is 19.8 Å². The lowest BCUT2D eigenvalue weighted by Gasteiger charge is -2.11. The third kappa shape index (κ3) is 6.21. The minimum Gasteiger partial charge on any atom is -0.351 e. The number of halogens is 1. The molecule has 2 rings (SSSR count). The van der Waals surface area contributed by atoms with Crippen LogP contribution in [0, 0.1) is 0 Å². The Labute approximate surface area is 154 Å². The molecule has 0 spiro atoms. The molecule has 0 bridgehead atoms. The Hall–Kier alpha value is -2.37. The van der Waals surface area contributed by atoms with Gasteiger partial charge in [0.05, 0.1) is 17.7 Å². The lowest BCUT2D eigenvalue weighted by molar-refractivity contribution is -0.115. The van der Waals surface area contributed by atoms with Crippen LogP contribution >= 0.6 is 12.4 Å². The Balaban J connectivity index is 0.00000312. The normalized spacial score (nSPS) is 9.84. The SMILES string of the molecule is CCc1ccc(CC(=O)Nc2ccccc2C(=O)NCCN)cc1.Cl. The topological polar surface area (TPSA) is 84.2 Å². The molecule has 0 fully saturated rings. The zero-order valence-corrected chi connectivity index (χ0v) is 15.1. The van der Waals surface area contributed by atoms with Gasteiger partial charge in [-0.1, -0.05) is 43.3 Å². The van der Waals surface area contributed by atoms with Gasteiger partial charge in [0.2, 0.25) is 5.91 Å². The highest BCUT2D eigenvalue weighted by Crippen LogP contribution is 2.15. The van der Waals surface area contributed by atoms with Crippen molar-refractivity contribution in [3.63, 3.8) is 0 Å². The Morgan fingerprint density at radius 1 is 1.00 bits per heavy atom. The summed E-state index contributed by atoms with van der Waals surface area (Å²) in [7, 11) is 0. The first-order valence-corrected chi connectivity index (χ1v) is 8.09. The molecule has 0 atom stereocenters. The summed E-state index contributed by atoms with van der Waals surface area (Å²) in [5.74, 6) is -0.401. The van der Waals surface area contributed by atoms with Crippen LogP contribution in [0.4, 0.5) is 5.69 Å². The van der Waals surface area contributed by atoms with Crippen molar-refractivity contribution >= 4 is 29.9 Å². The number of para-hydroxylation sites is 1. The van der Waals surface area contributed by atoms with Crippen molar-refractivity contribution in [3.05, 3.63) is 65.2 Å². The number of nitrogens with two attached hydrogens (primary N) is 1. The average Bonchev–Trinajstić information content (AvgIpc) is 2.60. The van der Waals surface area contributed by atoms with Gasteiger partial charge in [0, 0.05) is 13.1 Å². The first-order valence-electron chi connectivity index (χ1n) is 8.09. The molecule has 5 nitrogen and oxygen atoms in total. The third-order valence-electron chi connectivity index (χ3n) is 3.67. The van der Waals surface area contributed by atoms with E-state index in [4.69, 9.17) is 5.73 Å². The van der Waals surface area contributed by atoms with E-state index in [2.05, 4.69) is 17.6 Å². The van der Waals surface area contributed by atoms with Gasteiger partial charge in [-0.15, -0.1) is 12.4 Å². The molecule has 0 heterocycles. The number of aryl methyl sites for hydroxylation is 1. The minimum atomic E-state index is -0.247. The van der Waals surface area contributed by atoms with Crippen LogP contribution in [0.25, 0.3) is 0 Å². The van der Waals surface area contributed by atoms with Gasteiger partial charge < -0.3 is 16.4 Å². The monoisotopic (exact) mass is 361 g/mol. The van der Waals surface area contributed by atoms with Gasteiger partial charge in [-0.3, -0.25) is 9.59 Å². The van der Waals surface area contributed by atoms with Crippen LogP contribution in [0.15, 0.2) is 48.5 Å². The summed E-state index contributed by atoms with van der Waals surface area (Å²) in [6.07, 6.45) is 1.24. The van der Waals surface area contributed by atoms with E-state index in [0.717, 1.165) is 12.0 Å². The Morgan fingerprint density at radius 2 is 1.64 bits per heavy atom. The van der Waals surface area contributed by atoms with Crippen LogP contribution < -0.4 is 16.4 Å². The summed E-state index contributed by atoms with van der Waals surface area (Å²) in [6.45, 7) is 2.85. The summed E-state index contributed by atoms with van der Waals surface area (Å²) < 4.78 is 0. The number of hydrogen-bond acceptors (Lipinski definition) is 3. The van der Waals surface area contributed by atoms with Gasteiger partial charge in [-0.25, -0.2) is 0 Å². The van der Waals surface area contributed by atoms with E-state index in [1.54, 1.807) is 24.3 Å². The van der Waals surface area contributed by atoms with E-state index in [1.165, 1.54) is 5.56 Å². The van der Waals surface area contributed by atoms with E-state index < -0.39 is 0 Å². The second kappa shape index (κ2) is 10.5. The number of anilines is 1. The van der Waals surface area contributed by atoms with Crippen molar-refractivity contribution in [3.8, 4) is 0 Å². The van der Waals surface area contributed by atoms with Gasteiger partial charge in [0.25, 0.3) is 5.91 Å². The fraction of sp³-hybridized carbons (Fsp3) is 0.263. The highest BCUT2D eigenvalue weighted by Gasteiger charge is 2.12. The highest BCUT2D eigenvalue weighted by atomic mass is 35.5. The number of hydrogen-bond donors (Lipinski definition) is 3. The largest absolute Gasteiger partial charge is 0.351 e. The second-order valence-corrected chi connectivity index (χ2v) is 5.49. The van der Waals surface area contributed by atoms with Crippen LogP contribution in [0.5, 0.6) is 0 Å². The van der Waals surface area contributed by atoms with Crippen LogP contribution in [0.1, 0.15) is 28.4 Å². The molecule has 0 unspecified atom stereocenters. The van der Waals surface area contributed by atoms with Gasteiger partial charge in [0.15, 0.2) is 0 Å². The van der Waals surface area contributed by atoms with Crippen molar-refractivity contribution in [1.82, 2.24) is 5.32 Å². The number of carbonyl (C=O) groups excluding carboxylic acids is 2. The van der Waals surface area contributed by atoms with Crippen molar-refractivity contribution in [2.75, 3.05) is 18.4 Å². The lowest BCUT2D eigenvalue weighted by atomic mass is 10.1. The van der Waals surface area contributed by atoms with Crippen LogP contribution in [-0.4, -0.2) is 24.9 Å². The maximum Gasteiger partial charge on any atom is 0.253 e. The number of carbonyl (C=O) groups is 2.